The maximum atomic E-state index is 12.8. The zero-order chi connectivity index (χ0) is 17.4. The summed E-state index contributed by atoms with van der Waals surface area (Å²) in [5.41, 5.74) is 0.840. The molecule has 0 spiro atoms. The molecule has 0 unspecified atom stereocenters. The van der Waals surface area contributed by atoms with Crippen molar-refractivity contribution in [3.63, 3.8) is 0 Å². The van der Waals surface area contributed by atoms with Crippen molar-refractivity contribution in [1.82, 2.24) is 10.2 Å². The van der Waals surface area contributed by atoms with Gasteiger partial charge in [0.1, 0.15) is 24.0 Å². The number of amides is 1. The first-order valence-electron chi connectivity index (χ1n) is 7.61. The summed E-state index contributed by atoms with van der Waals surface area (Å²) in [6, 6.07) is 11.8. The van der Waals surface area contributed by atoms with Gasteiger partial charge in [0.15, 0.2) is 0 Å². The summed E-state index contributed by atoms with van der Waals surface area (Å²) in [7, 11) is 1.81. The van der Waals surface area contributed by atoms with Crippen LogP contribution in [0, 0.1) is 11.6 Å². The minimum absolute atomic E-state index is 0.122. The average Bonchev–Trinajstić information content (AvgIpc) is 2.56. The Hall–Kier alpha value is -2.47. The van der Waals surface area contributed by atoms with Crippen molar-refractivity contribution in [3.8, 4) is 5.75 Å². The van der Waals surface area contributed by atoms with Gasteiger partial charge in [-0.15, -0.1) is 0 Å². The van der Waals surface area contributed by atoms with E-state index in [9.17, 15) is 13.6 Å². The molecule has 2 aromatic carbocycles. The molecule has 0 radical (unpaired) electrons. The van der Waals surface area contributed by atoms with Crippen LogP contribution >= 0.6 is 0 Å². The number of carbonyl (C=O) groups excluding carboxylic acids is 1. The van der Waals surface area contributed by atoms with E-state index >= 15 is 0 Å². The Morgan fingerprint density at radius 1 is 1.04 bits per heavy atom. The lowest BCUT2D eigenvalue weighted by Gasteiger charge is -2.16. The molecule has 24 heavy (non-hydrogen) atoms. The van der Waals surface area contributed by atoms with Gasteiger partial charge in [0.25, 0.3) is 0 Å². The van der Waals surface area contributed by atoms with Crippen LogP contribution in [0.4, 0.5) is 8.78 Å². The summed E-state index contributed by atoms with van der Waals surface area (Å²) < 4.78 is 31.0. The highest BCUT2D eigenvalue weighted by Crippen LogP contribution is 2.10. The van der Waals surface area contributed by atoms with Gasteiger partial charge < -0.3 is 10.1 Å². The summed E-state index contributed by atoms with van der Waals surface area (Å²) in [6.07, 6.45) is 0. The molecule has 0 aliphatic heterocycles. The number of likely N-dealkylation sites (N-methyl/N-ethyl adjacent to an activating group) is 1. The molecule has 0 aliphatic carbocycles. The van der Waals surface area contributed by atoms with Crippen LogP contribution in [0.1, 0.15) is 5.56 Å². The molecule has 2 aromatic rings. The van der Waals surface area contributed by atoms with Crippen LogP contribution < -0.4 is 10.1 Å². The molecule has 1 N–H and O–H groups in total. The lowest BCUT2D eigenvalue weighted by molar-refractivity contribution is -0.122. The number of halogens is 2. The molecule has 0 saturated heterocycles. The van der Waals surface area contributed by atoms with E-state index in [2.05, 4.69) is 5.32 Å². The minimum Gasteiger partial charge on any atom is -0.492 e. The fourth-order valence-electron chi connectivity index (χ4n) is 2.03. The number of rotatable bonds is 8. The maximum Gasteiger partial charge on any atom is 0.234 e. The number of hydrogen-bond acceptors (Lipinski definition) is 3. The van der Waals surface area contributed by atoms with Gasteiger partial charge in [-0.1, -0.05) is 12.1 Å². The van der Waals surface area contributed by atoms with Crippen LogP contribution in [-0.2, 0) is 11.3 Å². The molecule has 0 aliphatic rings. The molecule has 4 nitrogen and oxygen atoms in total. The topological polar surface area (TPSA) is 41.6 Å². The van der Waals surface area contributed by atoms with E-state index in [1.807, 2.05) is 11.9 Å². The van der Waals surface area contributed by atoms with Crippen molar-refractivity contribution in [3.05, 3.63) is 65.7 Å². The number of nitrogens with one attached hydrogen (secondary N) is 1. The standard InChI is InChI=1S/C18H20F2N2O2/c1-22(10-11-24-17-8-6-16(20)7-9-17)13-18(23)21-12-14-2-4-15(19)5-3-14/h2-9H,10-13H2,1H3,(H,21,23). The van der Waals surface area contributed by atoms with Crippen molar-refractivity contribution in [2.75, 3.05) is 26.7 Å². The molecule has 0 fully saturated rings. The van der Waals surface area contributed by atoms with Gasteiger partial charge in [-0.25, -0.2) is 8.78 Å². The zero-order valence-electron chi connectivity index (χ0n) is 13.5. The van der Waals surface area contributed by atoms with Crippen molar-refractivity contribution < 1.29 is 18.3 Å². The van der Waals surface area contributed by atoms with E-state index in [0.717, 1.165) is 5.56 Å². The largest absolute Gasteiger partial charge is 0.492 e. The van der Waals surface area contributed by atoms with Crippen LogP contribution in [0.5, 0.6) is 5.75 Å². The van der Waals surface area contributed by atoms with E-state index < -0.39 is 0 Å². The number of benzene rings is 2. The van der Waals surface area contributed by atoms with Gasteiger partial charge in [-0.3, -0.25) is 9.69 Å². The molecule has 2 rings (SSSR count). The summed E-state index contributed by atoms with van der Waals surface area (Å²) in [6.45, 7) is 1.54. The summed E-state index contributed by atoms with van der Waals surface area (Å²) in [5.74, 6) is -0.141. The molecule has 0 heterocycles. The van der Waals surface area contributed by atoms with E-state index in [1.54, 1.807) is 24.3 Å². The molecule has 6 heteroatoms. The van der Waals surface area contributed by atoms with Crippen LogP contribution in [0.25, 0.3) is 0 Å². The predicted molar refractivity (Wildman–Crippen MR) is 87.6 cm³/mol. The Morgan fingerprint density at radius 2 is 1.62 bits per heavy atom. The number of nitrogens with zero attached hydrogens (tertiary/aromatic N) is 1. The highest BCUT2D eigenvalue weighted by Gasteiger charge is 2.06. The summed E-state index contributed by atoms with van der Waals surface area (Å²) >= 11 is 0. The number of hydrogen-bond donors (Lipinski definition) is 1. The van der Waals surface area contributed by atoms with Gasteiger partial charge >= 0.3 is 0 Å². The summed E-state index contributed by atoms with van der Waals surface area (Å²) in [4.78, 5) is 13.7. The van der Waals surface area contributed by atoms with Crippen molar-refractivity contribution in [1.29, 1.82) is 0 Å². The molecular weight excluding hydrogens is 314 g/mol. The van der Waals surface area contributed by atoms with Crippen molar-refractivity contribution in [2.45, 2.75) is 6.54 Å². The van der Waals surface area contributed by atoms with E-state index in [0.29, 0.717) is 25.4 Å². The molecular formula is C18H20F2N2O2. The highest BCUT2D eigenvalue weighted by molar-refractivity contribution is 5.77. The third kappa shape index (κ3) is 6.34. The molecule has 128 valence electrons. The third-order valence-corrected chi connectivity index (χ3v) is 3.37. The lowest BCUT2D eigenvalue weighted by atomic mass is 10.2. The maximum absolute atomic E-state index is 12.8. The molecule has 0 aromatic heterocycles. The molecule has 0 saturated carbocycles. The third-order valence-electron chi connectivity index (χ3n) is 3.37. The van der Waals surface area contributed by atoms with Gasteiger partial charge in [0.05, 0.1) is 6.54 Å². The Bertz CT molecular complexity index is 645. The van der Waals surface area contributed by atoms with Crippen LogP contribution in [0.3, 0.4) is 0 Å². The number of carbonyl (C=O) groups is 1. The minimum atomic E-state index is -0.308. The van der Waals surface area contributed by atoms with Gasteiger partial charge in [-0.05, 0) is 49.0 Å². The average molecular weight is 334 g/mol. The Kier molecular flexibility index (Phi) is 6.69. The van der Waals surface area contributed by atoms with E-state index in [4.69, 9.17) is 4.74 Å². The van der Waals surface area contributed by atoms with E-state index in [-0.39, 0.29) is 24.1 Å². The lowest BCUT2D eigenvalue weighted by Crippen LogP contribution is -2.36. The zero-order valence-corrected chi connectivity index (χ0v) is 13.5. The van der Waals surface area contributed by atoms with Gasteiger partial charge in [0.2, 0.25) is 5.91 Å². The van der Waals surface area contributed by atoms with Gasteiger partial charge in [0, 0.05) is 13.1 Å². The summed E-state index contributed by atoms with van der Waals surface area (Å²) in [5, 5.41) is 2.78. The molecule has 1 amide bonds. The quantitative estimate of drug-likeness (QED) is 0.807. The van der Waals surface area contributed by atoms with E-state index in [1.165, 1.54) is 24.3 Å². The first kappa shape index (κ1) is 17.9. The predicted octanol–water partition coefficient (Wildman–Crippen LogP) is 2.59. The first-order valence-corrected chi connectivity index (χ1v) is 7.61. The fourth-order valence-corrected chi connectivity index (χ4v) is 2.03. The Morgan fingerprint density at radius 3 is 2.25 bits per heavy atom. The van der Waals surface area contributed by atoms with Crippen LogP contribution in [0.15, 0.2) is 48.5 Å². The SMILES string of the molecule is CN(CCOc1ccc(F)cc1)CC(=O)NCc1ccc(F)cc1. The smallest absolute Gasteiger partial charge is 0.234 e. The van der Waals surface area contributed by atoms with Gasteiger partial charge in [-0.2, -0.15) is 0 Å². The second kappa shape index (κ2) is 8.98. The fraction of sp³-hybridized carbons (Fsp3) is 0.278. The van der Waals surface area contributed by atoms with Crippen molar-refractivity contribution in [2.24, 2.45) is 0 Å². The highest BCUT2D eigenvalue weighted by atomic mass is 19.1. The monoisotopic (exact) mass is 334 g/mol. The van der Waals surface area contributed by atoms with Crippen LogP contribution in [0.2, 0.25) is 0 Å². The normalized spacial score (nSPS) is 10.7. The van der Waals surface area contributed by atoms with Crippen molar-refractivity contribution >= 4 is 5.91 Å². The van der Waals surface area contributed by atoms with Crippen LogP contribution in [-0.4, -0.2) is 37.6 Å². The number of ether oxygens (including phenoxy) is 1. The molecule has 0 bridgehead atoms. The molecule has 0 atom stereocenters. The second-order valence-electron chi connectivity index (χ2n) is 5.44. The Labute approximate surface area is 140 Å². The second-order valence-corrected chi connectivity index (χ2v) is 5.44. The Balaban J connectivity index is 1.64. The first-order chi connectivity index (χ1) is 11.5.